The summed E-state index contributed by atoms with van der Waals surface area (Å²) in [5.41, 5.74) is 2.34. The Bertz CT molecular complexity index is 723. The Labute approximate surface area is 154 Å². The molecular weight excluding hydrogens is 328 g/mol. The maximum absolute atomic E-state index is 12.6. The third-order valence-corrected chi connectivity index (χ3v) is 5.40. The van der Waals surface area contributed by atoms with Crippen LogP contribution in [0.4, 0.5) is 0 Å². The van der Waals surface area contributed by atoms with Gasteiger partial charge in [0.15, 0.2) is 0 Å². The largest absolute Gasteiger partial charge is 0.464 e. The number of ether oxygens (including phenoxy) is 1. The fourth-order valence-corrected chi connectivity index (χ4v) is 3.93. The van der Waals surface area contributed by atoms with Crippen molar-refractivity contribution in [2.75, 3.05) is 32.8 Å². The highest BCUT2D eigenvalue weighted by atomic mass is 16.5. The van der Waals surface area contributed by atoms with E-state index in [9.17, 15) is 4.79 Å². The topological polar surface area (TPSA) is 45.9 Å². The third-order valence-electron chi connectivity index (χ3n) is 5.40. The van der Waals surface area contributed by atoms with Crippen LogP contribution >= 0.6 is 0 Å². The fourth-order valence-electron chi connectivity index (χ4n) is 3.93. The van der Waals surface area contributed by atoms with Crippen LogP contribution in [0.15, 0.2) is 47.1 Å². The normalized spacial score (nSPS) is 21.2. The van der Waals surface area contributed by atoms with Gasteiger partial charge in [-0.25, -0.2) is 0 Å². The summed E-state index contributed by atoms with van der Waals surface area (Å²) >= 11 is 0. The number of hydrogen-bond acceptors (Lipinski definition) is 4. The molecule has 0 N–H and O–H groups in total. The predicted octanol–water partition coefficient (Wildman–Crippen LogP) is 3.16. The van der Waals surface area contributed by atoms with E-state index in [1.165, 1.54) is 5.56 Å². The lowest BCUT2D eigenvalue weighted by Crippen LogP contribution is -2.47. The molecule has 1 atom stereocenters. The first-order chi connectivity index (χ1) is 12.8. The standard InChI is InChI=1S/C21H26N2O3/c24-21(22-9-3-4-10-22)14-18-16-25-13-11-23(18)15-17-6-1-2-7-19(17)20-8-5-12-26-20/h1-2,5-8,12,18H,3-4,9-11,13-16H2/t18-/m1/s1. The zero-order chi connectivity index (χ0) is 17.8. The molecule has 2 aliphatic heterocycles. The first-order valence-electron chi connectivity index (χ1n) is 9.52. The quantitative estimate of drug-likeness (QED) is 0.827. The molecule has 0 saturated carbocycles. The van der Waals surface area contributed by atoms with E-state index < -0.39 is 0 Å². The minimum atomic E-state index is 0.140. The Morgan fingerprint density at radius 3 is 2.73 bits per heavy atom. The van der Waals surface area contributed by atoms with Crippen molar-refractivity contribution in [3.8, 4) is 11.3 Å². The number of rotatable bonds is 5. The van der Waals surface area contributed by atoms with Gasteiger partial charge in [0.05, 0.1) is 19.5 Å². The van der Waals surface area contributed by atoms with E-state index in [2.05, 4.69) is 23.1 Å². The van der Waals surface area contributed by atoms with Gasteiger partial charge in [0.1, 0.15) is 5.76 Å². The number of carbonyl (C=O) groups excluding carboxylic acids is 1. The molecule has 138 valence electrons. The Morgan fingerprint density at radius 1 is 1.08 bits per heavy atom. The van der Waals surface area contributed by atoms with Crippen LogP contribution < -0.4 is 0 Å². The van der Waals surface area contributed by atoms with Crippen molar-refractivity contribution in [2.45, 2.75) is 31.8 Å². The molecule has 0 bridgehead atoms. The van der Waals surface area contributed by atoms with Crippen LogP contribution in [0.2, 0.25) is 0 Å². The molecule has 3 heterocycles. The zero-order valence-electron chi connectivity index (χ0n) is 15.1. The first-order valence-corrected chi connectivity index (χ1v) is 9.52. The van der Waals surface area contributed by atoms with Crippen molar-refractivity contribution >= 4 is 5.91 Å². The molecule has 26 heavy (non-hydrogen) atoms. The van der Waals surface area contributed by atoms with Gasteiger partial charge in [-0.2, -0.15) is 0 Å². The Balaban J connectivity index is 1.48. The minimum absolute atomic E-state index is 0.140. The van der Waals surface area contributed by atoms with Gasteiger partial charge < -0.3 is 14.1 Å². The first kappa shape index (κ1) is 17.3. The van der Waals surface area contributed by atoms with Gasteiger partial charge >= 0.3 is 0 Å². The van der Waals surface area contributed by atoms with Crippen molar-refractivity contribution in [3.05, 3.63) is 48.2 Å². The molecule has 5 heteroatoms. The molecular formula is C21H26N2O3. The molecule has 4 rings (SSSR count). The lowest BCUT2D eigenvalue weighted by Gasteiger charge is -2.36. The summed E-state index contributed by atoms with van der Waals surface area (Å²) in [5, 5.41) is 0. The number of furan rings is 1. The SMILES string of the molecule is O=C(C[C@@H]1COCCN1Cc1ccccc1-c1ccco1)N1CCCC1. The van der Waals surface area contributed by atoms with E-state index in [4.69, 9.17) is 9.15 Å². The average Bonchev–Trinajstić information content (AvgIpc) is 3.38. The van der Waals surface area contributed by atoms with Crippen LogP contribution in [0.3, 0.4) is 0 Å². The number of likely N-dealkylation sites (tertiary alicyclic amines) is 1. The summed E-state index contributed by atoms with van der Waals surface area (Å²) in [6.07, 6.45) is 4.52. The summed E-state index contributed by atoms with van der Waals surface area (Å²) in [7, 11) is 0. The predicted molar refractivity (Wildman–Crippen MR) is 99.6 cm³/mol. The van der Waals surface area contributed by atoms with Crippen molar-refractivity contribution in [1.82, 2.24) is 9.80 Å². The van der Waals surface area contributed by atoms with Crippen LogP contribution in [0, 0.1) is 0 Å². The highest BCUT2D eigenvalue weighted by molar-refractivity contribution is 5.77. The number of morpholine rings is 1. The molecule has 0 aliphatic carbocycles. The van der Waals surface area contributed by atoms with Gasteiger partial charge in [-0.15, -0.1) is 0 Å². The summed E-state index contributed by atoms with van der Waals surface area (Å²) in [6.45, 7) is 4.82. The van der Waals surface area contributed by atoms with E-state index in [-0.39, 0.29) is 11.9 Å². The van der Waals surface area contributed by atoms with Crippen molar-refractivity contribution in [1.29, 1.82) is 0 Å². The summed E-state index contributed by atoms with van der Waals surface area (Å²) in [4.78, 5) is 17.0. The second-order valence-electron chi connectivity index (χ2n) is 7.13. The van der Waals surface area contributed by atoms with E-state index in [0.29, 0.717) is 13.0 Å². The van der Waals surface area contributed by atoms with Gasteiger partial charge in [-0.1, -0.05) is 24.3 Å². The maximum atomic E-state index is 12.6. The van der Waals surface area contributed by atoms with Gasteiger partial charge in [0, 0.05) is 44.2 Å². The fraction of sp³-hybridized carbons (Fsp3) is 0.476. The molecule has 0 spiro atoms. The average molecular weight is 354 g/mol. The monoisotopic (exact) mass is 354 g/mol. The minimum Gasteiger partial charge on any atom is -0.464 e. The van der Waals surface area contributed by atoms with Crippen molar-refractivity contribution < 1.29 is 13.9 Å². The molecule has 0 radical (unpaired) electrons. The second kappa shape index (κ2) is 8.06. The van der Waals surface area contributed by atoms with Gasteiger partial charge in [0.2, 0.25) is 5.91 Å². The number of benzene rings is 1. The molecule has 5 nitrogen and oxygen atoms in total. The molecule has 1 aromatic carbocycles. The zero-order valence-corrected chi connectivity index (χ0v) is 15.1. The van der Waals surface area contributed by atoms with E-state index >= 15 is 0 Å². The van der Waals surface area contributed by atoms with Crippen LogP contribution in [-0.2, 0) is 16.1 Å². The lowest BCUT2D eigenvalue weighted by atomic mass is 10.0. The van der Waals surface area contributed by atoms with Crippen LogP contribution in [0.1, 0.15) is 24.8 Å². The van der Waals surface area contributed by atoms with Crippen LogP contribution in [0.25, 0.3) is 11.3 Å². The lowest BCUT2D eigenvalue weighted by molar-refractivity contribution is -0.133. The van der Waals surface area contributed by atoms with Crippen LogP contribution in [-0.4, -0.2) is 54.6 Å². The maximum Gasteiger partial charge on any atom is 0.224 e. The van der Waals surface area contributed by atoms with E-state index in [0.717, 1.165) is 57.0 Å². The number of amides is 1. The van der Waals surface area contributed by atoms with E-state index in [1.807, 2.05) is 23.1 Å². The second-order valence-corrected chi connectivity index (χ2v) is 7.13. The smallest absolute Gasteiger partial charge is 0.224 e. The highest BCUT2D eigenvalue weighted by Gasteiger charge is 2.29. The summed E-state index contributed by atoms with van der Waals surface area (Å²) < 4.78 is 11.3. The van der Waals surface area contributed by atoms with E-state index in [1.54, 1.807) is 6.26 Å². The van der Waals surface area contributed by atoms with Crippen molar-refractivity contribution in [3.63, 3.8) is 0 Å². The van der Waals surface area contributed by atoms with Gasteiger partial charge in [0.25, 0.3) is 0 Å². The summed E-state index contributed by atoms with van der Waals surface area (Å²) in [6, 6.07) is 12.4. The Kier molecular flexibility index (Phi) is 5.37. The van der Waals surface area contributed by atoms with Crippen LogP contribution in [0.5, 0.6) is 0 Å². The Morgan fingerprint density at radius 2 is 1.92 bits per heavy atom. The van der Waals surface area contributed by atoms with Gasteiger partial charge in [-0.3, -0.25) is 9.69 Å². The molecule has 2 fully saturated rings. The van der Waals surface area contributed by atoms with Crippen molar-refractivity contribution in [2.24, 2.45) is 0 Å². The summed E-state index contributed by atoms with van der Waals surface area (Å²) in [5.74, 6) is 1.15. The number of nitrogens with zero attached hydrogens (tertiary/aromatic N) is 2. The van der Waals surface area contributed by atoms with Gasteiger partial charge in [-0.05, 0) is 30.5 Å². The highest BCUT2D eigenvalue weighted by Crippen LogP contribution is 2.27. The number of hydrogen-bond donors (Lipinski definition) is 0. The Hall–Kier alpha value is -2.11. The third kappa shape index (κ3) is 3.84. The molecule has 2 aliphatic rings. The molecule has 0 unspecified atom stereocenters. The molecule has 1 aromatic heterocycles. The number of carbonyl (C=O) groups is 1. The molecule has 2 saturated heterocycles. The molecule has 1 amide bonds. The molecule has 2 aromatic rings.